The maximum atomic E-state index is 15.1. The van der Waals surface area contributed by atoms with Crippen LogP contribution in [0.25, 0.3) is 0 Å². The summed E-state index contributed by atoms with van der Waals surface area (Å²) >= 11 is 6.15. The van der Waals surface area contributed by atoms with Crippen molar-refractivity contribution in [3.05, 3.63) is 58.6 Å². The first-order valence-electron chi connectivity index (χ1n) is 14.8. The molecule has 1 amide bonds. The number of anilines is 1. The number of rotatable bonds is 8. The Morgan fingerprint density at radius 2 is 1.95 bits per heavy atom. The second-order valence-electron chi connectivity index (χ2n) is 12.1. The van der Waals surface area contributed by atoms with E-state index in [-0.39, 0.29) is 59.6 Å². The number of nitrogens with zero attached hydrogens (tertiary/aromatic N) is 2. The van der Waals surface area contributed by atoms with Crippen molar-refractivity contribution in [3.8, 4) is 0 Å². The van der Waals surface area contributed by atoms with Crippen molar-refractivity contribution >= 4 is 33.2 Å². The number of piperazine rings is 1. The van der Waals surface area contributed by atoms with Gasteiger partial charge >= 0.3 is 0 Å². The fourth-order valence-electron chi connectivity index (χ4n) is 6.97. The van der Waals surface area contributed by atoms with E-state index in [0.29, 0.717) is 31.0 Å². The predicted octanol–water partition coefficient (Wildman–Crippen LogP) is 3.83. The average Bonchev–Trinajstić information content (AvgIpc) is 3.05. The minimum Gasteiger partial charge on any atom is -0.376 e. The Balaban J connectivity index is 1.34. The van der Waals surface area contributed by atoms with Gasteiger partial charge in [-0.15, -0.1) is 0 Å². The van der Waals surface area contributed by atoms with E-state index < -0.39 is 27.8 Å². The van der Waals surface area contributed by atoms with E-state index in [0.717, 1.165) is 31.0 Å². The molecule has 2 aromatic rings. The van der Waals surface area contributed by atoms with E-state index in [2.05, 4.69) is 15.6 Å². The zero-order valence-corrected chi connectivity index (χ0v) is 25.7. The lowest BCUT2D eigenvalue weighted by atomic mass is 9.74. The first-order chi connectivity index (χ1) is 20.0. The Labute approximate surface area is 252 Å². The summed E-state index contributed by atoms with van der Waals surface area (Å²) in [7, 11) is -3.37. The van der Waals surface area contributed by atoms with Crippen LogP contribution < -0.4 is 16.4 Å². The highest BCUT2D eigenvalue weighted by atomic mass is 35.5. The van der Waals surface area contributed by atoms with Gasteiger partial charge in [0.15, 0.2) is 0 Å². The maximum Gasteiger partial charge on any atom is 0.241 e. The fourth-order valence-corrected chi connectivity index (χ4v) is 8.90. The first-order valence-corrected chi connectivity index (χ1v) is 16.8. The average molecular weight is 622 g/mol. The van der Waals surface area contributed by atoms with Crippen molar-refractivity contribution in [2.75, 3.05) is 24.2 Å². The smallest absolute Gasteiger partial charge is 0.241 e. The summed E-state index contributed by atoms with van der Waals surface area (Å²) in [4.78, 5) is 17.7. The fraction of sp³-hybridized carbons (Fsp3) is 0.600. The van der Waals surface area contributed by atoms with Crippen molar-refractivity contribution in [2.24, 2.45) is 11.7 Å². The van der Waals surface area contributed by atoms with Crippen molar-refractivity contribution in [1.29, 1.82) is 0 Å². The van der Waals surface area contributed by atoms with Crippen LogP contribution in [0.3, 0.4) is 0 Å². The summed E-state index contributed by atoms with van der Waals surface area (Å²) in [6, 6.07) is 6.31. The molecule has 3 aliphatic rings. The summed E-state index contributed by atoms with van der Waals surface area (Å²) < 4.78 is 48.5. The molecule has 3 fully saturated rings. The number of sulfonamides is 1. The molecule has 9 nitrogen and oxygen atoms in total. The van der Waals surface area contributed by atoms with Crippen LogP contribution in [0.1, 0.15) is 63.0 Å². The molecule has 4 heterocycles. The number of aromatic nitrogens is 1. The van der Waals surface area contributed by atoms with Crippen LogP contribution in [0.4, 0.5) is 10.1 Å². The molecule has 1 aromatic heterocycles. The van der Waals surface area contributed by atoms with E-state index >= 15 is 4.39 Å². The number of benzene rings is 1. The molecule has 0 spiro atoms. The van der Waals surface area contributed by atoms with Crippen LogP contribution in [-0.4, -0.2) is 72.8 Å². The first kappa shape index (κ1) is 31.3. The number of fused-ring (bicyclic) bond motifs is 2. The Morgan fingerprint density at radius 1 is 1.24 bits per heavy atom. The van der Waals surface area contributed by atoms with Crippen LogP contribution in [0.2, 0.25) is 5.02 Å². The number of carbonyl (C=O) groups is 1. The largest absolute Gasteiger partial charge is 0.376 e. The highest BCUT2D eigenvalue weighted by Gasteiger charge is 2.39. The molecule has 8 atom stereocenters. The van der Waals surface area contributed by atoms with E-state index in [1.54, 1.807) is 16.4 Å². The molecule has 12 heteroatoms. The van der Waals surface area contributed by atoms with Gasteiger partial charge in [-0.2, -0.15) is 4.31 Å². The number of hydrogen-bond acceptors (Lipinski definition) is 7. The molecule has 4 N–H and O–H groups in total. The van der Waals surface area contributed by atoms with Gasteiger partial charge in [-0.3, -0.25) is 9.78 Å². The van der Waals surface area contributed by atoms with Crippen molar-refractivity contribution in [2.45, 2.75) is 88.6 Å². The van der Waals surface area contributed by atoms with Gasteiger partial charge in [0.25, 0.3) is 0 Å². The molecule has 1 aromatic carbocycles. The van der Waals surface area contributed by atoms with Crippen molar-refractivity contribution in [3.63, 3.8) is 0 Å². The second kappa shape index (κ2) is 13.2. The molecule has 3 saturated heterocycles. The van der Waals surface area contributed by atoms with Gasteiger partial charge in [0.2, 0.25) is 15.9 Å². The number of ether oxygens (including phenoxy) is 1. The third-order valence-electron chi connectivity index (χ3n) is 8.94. The Hall–Kier alpha value is -2.15. The molecule has 2 unspecified atom stereocenters. The van der Waals surface area contributed by atoms with Gasteiger partial charge in [-0.05, 0) is 76.0 Å². The van der Waals surface area contributed by atoms with Crippen LogP contribution in [0.15, 0.2) is 36.7 Å². The van der Waals surface area contributed by atoms with Crippen LogP contribution in [0.5, 0.6) is 0 Å². The number of halogens is 2. The SMILES string of the molecule is C[C@@H]1CC([C@H](c2ccc(Cl)cc2)[C@H](N)C(=O)Nc2cncc(F)c2CC[C@H]2CN[C@@H]3CCCS(=O)(=O)N2C3)C[C@H](C)O1. The highest BCUT2D eigenvalue weighted by molar-refractivity contribution is 7.89. The standard InChI is InChI=1S/C30H41ClFN5O4S/c1-18-12-21(13-19(2)41-18)28(20-5-7-22(31)8-6-20)29(33)30(38)36-27-16-34-15-26(32)25(27)10-9-24-14-35-23-4-3-11-42(39,40)37(24)17-23/h5-8,15-16,18-19,21,23-24,28-29,35H,3-4,9-14,17,33H2,1-2H3,(H,36,38)/t18-,19+,21?,23-,24+,28+,29+/m1/s1. The van der Waals surface area contributed by atoms with E-state index in [9.17, 15) is 13.2 Å². The Morgan fingerprint density at radius 3 is 2.67 bits per heavy atom. The maximum absolute atomic E-state index is 15.1. The highest BCUT2D eigenvalue weighted by Crippen LogP contribution is 2.39. The molecule has 5 rings (SSSR count). The van der Waals surface area contributed by atoms with Gasteiger partial charge in [-0.1, -0.05) is 23.7 Å². The molecule has 0 aliphatic carbocycles. The Bertz CT molecular complexity index is 1350. The van der Waals surface area contributed by atoms with Gasteiger partial charge in [0.05, 0.1) is 42.1 Å². The number of carbonyl (C=O) groups excluding carboxylic acids is 1. The summed E-state index contributed by atoms with van der Waals surface area (Å²) in [5, 5.41) is 6.90. The molecule has 0 radical (unpaired) electrons. The zero-order chi connectivity index (χ0) is 30.0. The number of pyridine rings is 1. The normalized spacial score (nSPS) is 30.6. The molecule has 3 aliphatic heterocycles. The summed E-state index contributed by atoms with van der Waals surface area (Å²) in [5.74, 6) is -1.08. The van der Waals surface area contributed by atoms with Crippen molar-refractivity contribution in [1.82, 2.24) is 14.6 Å². The summed E-state index contributed by atoms with van der Waals surface area (Å²) in [6.07, 6.45) is 6.18. The predicted molar refractivity (Wildman–Crippen MR) is 161 cm³/mol. The molecular weight excluding hydrogens is 581 g/mol. The monoisotopic (exact) mass is 621 g/mol. The zero-order valence-electron chi connectivity index (χ0n) is 24.1. The van der Waals surface area contributed by atoms with Crippen LogP contribution in [0, 0.1) is 11.7 Å². The molecule has 0 saturated carbocycles. The number of nitrogens with one attached hydrogen (secondary N) is 2. The van der Waals surface area contributed by atoms with Crippen LogP contribution >= 0.6 is 11.6 Å². The van der Waals surface area contributed by atoms with E-state index in [1.165, 1.54) is 6.20 Å². The minimum absolute atomic E-state index is 0.0282. The quantitative estimate of drug-likeness (QED) is 0.409. The van der Waals surface area contributed by atoms with Gasteiger partial charge in [0.1, 0.15) is 5.82 Å². The molecule has 42 heavy (non-hydrogen) atoms. The van der Waals surface area contributed by atoms with Crippen LogP contribution in [-0.2, 0) is 26.0 Å². The molecule has 230 valence electrons. The summed E-state index contributed by atoms with van der Waals surface area (Å²) in [6.45, 7) is 4.99. The number of amides is 1. The Kier molecular flexibility index (Phi) is 9.86. The second-order valence-corrected chi connectivity index (χ2v) is 14.5. The number of nitrogens with two attached hydrogens (primary N) is 1. The topological polar surface area (TPSA) is 127 Å². The lowest BCUT2D eigenvalue weighted by molar-refractivity contribution is -0.119. The summed E-state index contributed by atoms with van der Waals surface area (Å²) in [5.41, 5.74) is 8.15. The lowest BCUT2D eigenvalue weighted by Gasteiger charge is -2.39. The van der Waals surface area contributed by atoms with Gasteiger partial charge < -0.3 is 21.1 Å². The molecule has 2 bridgehead atoms. The van der Waals surface area contributed by atoms with E-state index in [1.807, 2.05) is 26.0 Å². The van der Waals surface area contributed by atoms with E-state index in [4.69, 9.17) is 22.1 Å². The lowest BCUT2D eigenvalue weighted by Crippen LogP contribution is -2.57. The van der Waals surface area contributed by atoms with Crippen molar-refractivity contribution < 1.29 is 22.3 Å². The van der Waals surface area contributed by atoms with Gasteiger partial charge in [-0.25, -0.2) is 12.8 Å². The third-order valence-corrected chi connectivity index (χ3v) is 11.2. The molecular formula is C30H41ClFN5O4S. The van der Waals surface area contributed by atoms with Gasteiger partial charge in [0, 0.05) is 41.7 Å². The minimum atomic E-state index is -3.37. The number of hydrogen-bond donors (Lipinski definition) is 3. The third kappa shape index (κ3) is 7.14.